The zero-order chi connectivity index (χ0) is 16.0. The van der Waals surface area contributed by atoms with E-state index in [-0.39, 0.29) is 11.8 Å². The van der Waals surface area contributed by atoms with Crippen LogP contribution in [-0.4, -0.2) is 42.9 Å². The smallest absolute Gasteiger partial charge is 0.408 e. The lowest BCUT2D eigenvalue weighted by molar-refractivity contribution is -0.172. The fourth-order valence-corrected chi connectivity index (χ4v) is 2.57. The lowest BCUT2D eigenvalue weighted by Crippen LogP contribution is -2.52. The van der Waals surface area contributed by atoms with Gasteiger partial charge in [-0.2, -0.15) is 0 Å². The van der Waals surface area contributed by atoms with E-state index < -0.39 is 17.7 Å². The maximum atomic E-state index is 12.4. The molecule has 6 heteroatoms. The van der Waals surface area contributed by atoms with Crippen LogP contribution in [-0.2, 0) is 14.4 Å². The summed E-state index contributed by atoms with van der Waals surface area (Å²) < 4.78 is 5.26. The van der Waals surface area contributed by atoms with Crippen LogP contribution in [0.4, 0.5) is 4.79 Å². The molecule has 1 rings (SSSR count). The molecule has 0 heterocycles. The lowest BCUT2D eigenvalue weighted by Gasteiger charge is -2.32. The highest BCUT2D eigenvalue weighted by atomic mass is 16.7. The molecular formula is C15H28N2O4. The first kappa shape index (κ1) is 17.8. The van der Waals surface area contributed by atoms with E-state index >= 15 is 0 Å². The van der Waals surface area contributed by atoms with Gasteiger partial charge in [-0.25, -0.2) is 9.86 Å². The Labute approximate surface area is 127 Å². The number of amides is 2. The van der Waals surface area contributed by atoms with Crippen LogP contribution < -0.4 is 5.32 Å². The number of hydrogen-bond donors (Lipinski definition) is 1. The molecule has 0 aromatic heterocycles. The summed E-state index contributed by atoms with van der Waals surface area (Å²) in [5.41, 5.74) is -0.586. The Bertz CT molecular complexity index is 359. The van der Waals surface area contributed by atoms with Crippen LogP contribution in [0.1, 0.15) is 52.9 Å². The van der Waals surface area contributed by atoms with Gasteiger partial charge in [-0.1, -0.05) is 19.3 Å². The van der Waals surface area contributed by atoms with Gasteiger partial charge >= 0.3 is 6.09 Å². The molecule has 1 aliphatic rings. The number of carbonyl (C=O) groups is 2. The van der Waals surface area contributed by atoms with Crippen molar-refractivity contribution in [2.75, 3.05) is 14.2 Å². The van der Waals surface area contributed by atoms with Gasteiger partial charge in [-0.3, -0.25) is 9.63 Å². The Morgan fingerprint density at radius 3 is 2.24 bits per heavy atom. The second-order valence-electron chi connectivity index (χ2n) is 6.54. The molecule has 1 atom stereocenters. The van der Waals surface area contributed by atoms with Crippen molar-refractivity contribution in [3.05, 3.63) is 0 Å². The zero-order valence-electron chi connectivity index (χ0n) is 13.8. The fraction of sp³-hybridized carbons (Fsp3) is 0.867. The minimum Gasteiger partial charge on any atom is -0.444 e. The Balaban J connectivity index is 2.76. The maximum absolute atomic E-state index is 12.4. The van der Waals surface area contributed by atoms with E-state index in [9.17, 15) is 9.59 Å². The Morgan fingerprint density at radius 2 is 1.76 bits per heavy atom. The highest BCUT2D eigenvalue weighted by molar-refractivity contribution is 5.85. The normalized spacial score (nSPS) is 18.0. The Hall–Kier alpha value is -1.30. The van der Waals surface area contributed by atoms with Gasteiger partial charge in [-0.05, 0) is 39.5 Å². The van der Waals surface area contributed by atoms with E-state index in [1.54, 1.807) is 27.8 Å². The molecule has 1 saturated carbocycles. The van der Waals surface area contributed by atoms with Crippen LogP contribution in [0.15, 0.2) is 0 Å². The van der Waals surface area contributed by atoms with Crippen LogP contribution in [0.3, 0.4) is 0 Å². The summed E-state index contributed by atoms with van der Waals surface area (Å²) >= 11 is 0. The SMILES string of the molecule is CON(C)C(=O)C(NC(=O)OC(C)(C)C)C1CCCCC1. The van der Waals surface area contributed by atoms with Gasteiger partial charge in [0.1, 0.15) is 11.6 Å². The predicted molar refractivity (Wildman–Crippen MR) is 79.5 cm³/mol. The number of ether oxygens (including phenoxy) is 1. The summed E-state index contributed by atoms with van der Waals surface area (Å²) in [6.07, 6.45) is 4.66. The van der Waals surface area contributed by atoms with Crippen LogP contribution in [0.5, 0.6) is 0 Å². The van der Waals surface area contributed by atoms with Crippen molar-refractivity contribution in [2.24, 2.45) is 5.92 Å². The maximum Gasteiger partial charge on any atom is 0.408 e. The standard InChI is InChI=1S/C15H28N2O4/c1-15(2,3)21-14(19)16-12(13(18)17(4)20-5)11-9-7-6-8-10-11/h11-12H,6-10H2,1-5H3,(H,16,19). The van der Waals surface area contributed by atoms with Crippen LogP contribution >= 0.6 is 0 Å². The lowest BCUT2D eigenvalue weighted by atomic mass is 9.83. The molecule has 0 aromatic carbocycles. The first-order valence-electron chi connectivity index (χ1n) is 7.56. The van der Waals surface area contributed by atoms with Crippen molar-refractivity contribution in [1.29, 1.82) is 0 Å². The van der Waals surface area contributed by atoms with Crippen LogP contribution in [0.25, 0.3) is 0 Å². The third-order valence-electron chi connectivity index (χ3n) is 3.64. The number of nitrogens with zero attached hydrogens (tertiary/aromatic N) is 1. The second-order valence-corrected chi connectivity index (χ2v) is 6.54. The van der Waals surface area contributed by atoms with Gasteiger partial charge < -0.3 is 10.1 Å². The predicted octanol–water partition coefficient (Wildman–Crippen LogP) is 2.48. The highest BCUT2D eigenvalue weighted by Crippen LogP contribution is 2.27. The summed E-state index contributed by atoms with van der Waals surface area (Å²) in [4.78, 5) is 29.3. The van der Waals surface area contributed by atoms with E-state index in [1.807, 2.05) is 0 Å². The molecule has 0 bridgehead atoms. The van der Waals surface area contributed by atoms with Gasteiger partial charge in [0.05, 0.1) is 7.11 Å². The molecule has 0 aromatic rings. The molecule has 1 N–H and O–H groups in total. The van der Waals surface area contributed by atoms with Gasteiger partial charge in [0.2, 0.25) is 0 Å². The number of carbonyl (C=O) groups excluding carboxylic acids is 2. The number of rotatable bonds is 4. The van der Waals surface area contributed by atoms with Crippen molar-refractivity contribution >= 4 is 12.0 Å². The Kier molecular flexibility index (Phi) is 6.45. The average molecular weight is 300 g/mol. The summed E-state index contributed by atoms with van der Waals surface area (Å²) in [5.74, 6) is -0.105. The molecule has 1 fully saturated rings. The number of likely N-dealkylation sites (N-methyl/N-ethyl adjacent to an activating group) is 1. The summed E-state index contributed by atoms with van der Waals surface area (Å²) in [7, 11) is 2.98. The quantitative estimate of drug-likeness (QED) is 0.810. The molecule has 1 aliphatic carbocycles. The number of hydroxylamine groups is 2. The van der Waals surface area contributed by atoms with Crippen LogP contribution in [0, 0.1) is 5.92 Å². The molecule has 0 saturated heterocycles. The number of alkyl carbamates (subject to hydrolysis) is 1. The highest BCUT2D eigenvalue weighted by Gasteiger charge is 2.34. The molecule has 2 amide bonds. The summed E-state index contributed by atoms with van der Waals surface area (Å²) in [6.45, 7) is 5.39. The Morgan fingerprint density at radius 1 is 1.19 bits per heavy atom. The van der Waals surface area contributed by atoms with Gasteiger partial charge in [0.15, 0.2) is 0 Å². The third-order valence-corrected chi connectivity index (χ3v) is 3.64. The van der Waals surface area contributed by atoms with Gasteiger partial charge in [0, 0.05) is 7.05 Å². The molecular weight excluding hydrogens is 272 g/mol. The number of nitrogens with one attached hydrogen (secondary N) is 1. The first-order valence-corrected chi connectivity index (χ1v) is 7.56. The van der Waals surface area contributed by atoms with Gasteiger partial charge in [0.25, 0.3) is 5.91 Å². The molecule has 21 heavy (non-hydrogen) atoms. The summed E-state index contributed by atoms with van der Waals surface area (Å²) in [5, 5.41) is 3.89. The van der Waals surface area contributed by atoms with Crippen molar-refractivity contribution in [3.63, 3.8) is 0 Å². The largest absolute Gasteiger partial charge is 0.444 e. The van der Waals surface area contributed by atoms with E-state index in [2.05, 4.69) is 5.32 Å². The monoisotopic (exact) mass is 300 g/mol. The van der Waals surface area contributed by atoms with Crippen molar-refractivity contribution in [2.45, 2.75) is 64.5 Å². The topological polar surface area (TPSA) is 67.9 Å². The molecule has 0 spiro atoms. The molecule has 0 radical (unpaired) electrons. The second kappa shape index (κ2) is 7.64. The summed E-state index contributed by atoms with van der Waals surface area (Å²) in [6, 6.07) is -0.593. The third kappa shape index (κ3) is 5.91. The minimum atomic E-state index is -0.593. The number of hydrogen-bond acceptors (Lipinski definition) is 4. The van der Waals surface area contributed by atoms with E-state index in [0.29, 0.717) is 0 Å². The van der Waals surface area contributed by atoms with Crippen molar-refractivity contribution in [3.8, 4) is 0 Å². The van der Waals surface area contributed by atoms with E-state index in [0.717, 1.165) is 30.7 Å². The van der Waals surface area contributed by atoms with E-state index in [4.69, 9.17) is 9.57 Å². The molecule has 122 valence electrons. The average Bonchev–Trinajstić information content (AvgIpc) is 2.42. The molecule has 0 aliphatic heterocycles. The molecule has 1 unspecified atom stereocenters. The van der Waals surface area contributed by atoms with E-state index in [1.165, 1.54) is 13.5 Å². The van der Waals surface area contributed by atoms with Gasteiger partial charge in [-0.15, -0.1) is 0 Å². The van der Waals surface area contributed by atoms with Crippen molar-refractivity contribution in [1.82, 2.24) is 10.4 Å². The minimum absolute atomic E-state index is 0.136. The zero-order valence-corrected chi connectivity index (χ0v) is 13.8. The van der Waals surface area contributed by atoms with Crippen LogP contribution in [0.2, 0.25) is 0 Å². The molecule has 6 nitrogen and oxygen atoms in total. The van der Waals surface area contributed by atoms with Crippen molar-refractivity contribution < 1.29 is 19.2 Å². The first-order chi connectivity index (χ1) is 9.74. The fourth-order valence-electron chi connectivity index (χ4n) is 2.57.